The zero-order valence-electron chi connectivity index (χ0n) is 25.2. The Bertz CT molecular complexity index is 2140. The minimum atomic E-state index is -0.639. The molecule has 6 aromatic rings. The number of rotatable bonds is 9. The lowest BCUT2D eigenvalue weighted by atomic mass is 10.2. The number of carbonyl (C=O) groups excluding carboxylic acids is 4. The zero-order valence-corrected chi connectivity index (χ0v) is 26.8. The summed E-state index contributed by atoms with van der Waals surface area (Å²) in [6.45, 7) is 0. The second-order valence-electron chi connectivity index (χ2n) is 10.8. The molecule has 4 aromatic carbocycles. The molecule has 11 heteroatoms. The van der Waals surface area contributed by atoms with Crippen LogP contribution in [0.4, 0.5) is 11.4 Å². The highest BCUT2D eigenvalue weighted by molar-refractivity contribution is 8.00. The zero-order chi connectivity index (χ0) is 33.0. The second-order valence-corrected chi connectivity index (χ2v) is 13.0. The number of thioether (sulfide) groups is 1. The Balaban J connectivity index is 1.03. The first-order valence-electron chi connectivity index (χ1n) is 14.9. The standard InChI is InChI=1S/C37H26N4O5S2/c42-33-22-32(37(45)41(33)26-17-15-24(16-18-26)36-40-29-13-4-5-14-31(29)46-36)48-28-11-6-10-25(20-28)38-35(44)30(21-27-12-7-19-47-27)39-34(43)23-8-2-1-3-9-23/h1-21,32H,22H2,(H,38,44)(H,39,43)/b30-21+/t32-/m1/s1. The van der Waals surface area contributed by atoms with Gasteiger partial charge in [0.15, 0.2) is 5.58 Å². The molecule has 4 amide bonds. The Morgan fingerprint density at radius 2 is 1.69 bits per heavy atom. The topological polar surface area (TPSA) is 122 Å². The van der Waals surface area contributed by atoms with Gasteiger partial charge in [-0.15, -0.1) is 23.1 Å². The largest absolute Gasteiger partial charge is 0.436 e. The van der Waals surface area contributed by atoms with Crippen molar-refractivity contribution in [3.05, 3.63) is 137 Å². The van der Waals surface area contributed by atoms with Gasteiger partial charge in [-0.05, 0) is 84.3 Å². The third-order valence-electron chi connectivity index (χ3n) is 7.50. The smallest absolute Gasteiger partial charge is 0.272 e. The SMILES string of the molecule is O=C(Nc1cccc(S[C@@H]2CC(=O)N(c3ccc(-c4nc5ccccc5o4)cc3)C2=O)c1)/C(=C\c1cccs1)NC(=O)c1ccccc1. The number of imide groups is 1. The Morgan fingerprint density at radius 3 is 2.46 bits per heavy atom. The van der Waals surface area contributed by atoms with E-state index in [0.717, 1.165) is 16.0 Å². The number of benzene rings is 4. The normalized spacial score (nSPS) is 14.8. The number of nitrogens with zero attached hydrogens (tertiary/aromatic N) is 2. The van der Waals surface area contributed by atoms with Crippen LogP contribution in [-0.4, -0.2) is 33.9 Å². The number of fused-ring (bicyclic) bond motifs is 1. The van der Waals surface area contributed by atoms with Gasteiger partial charge < -0.3 is 15.1 Å². The molecule has 1 saturated heterocycles. The number of para-hydroxylation sites is 2. The summed E-state index contributed by atoms with van der Waals surface area (Å²) in [6.07, 6.45) is 1.66. The van der Waals surface area contributed by atoms with Gasteiger partial charge in [0.25, 0.3) is 11.8 Å². The summed E-state index contributed by atoms with van der Waals surface area (Å²) in [7, 11) is 0. The maximum absolute atomic E-state index is 13.5. The van der Waals surface area contributed by atoms with Crippen LogP contribution >= 0.6 is 23.1 Å². The Labute approximate surface area is 283 Å². The molecule has 0 bridgehead atoms. The van der Waals surface area contributed by atoms with Gasteiger partial charge in [-0.25, -0.2) is 9.88 Å². The quantitative estimate of drug-likeness (QED) is 0.122. The highest BCUT2D eigenvalue weighted by atomic mass is 32.2. The summed E-state index contributed by atoms with van der Waals surface area (Å²) < 4.78 is 5.84. The molecule has 0 saturated carbocycles. The average Bonchev–Trinajstić information content (AvgIpc) is 3.84. The third-order valence-corrected chi connectivity index (χ3v) is 9.50. The fourth-order valence-electron chi connectivity index (χ4n) is 5.18. The molecule has 236 valence electrons. The number of hydrogen-bond donors (Lipinski definition) is 2. The number of nitrogens with one attached hydrogen (secondary N) is 2. The van der Waals surface area contributed by atoms with Gasteiger partial charge >= 0.3 is 0 Å². The second kappa shape index (κ2) is 13.5. The Hall–Kier alpha value is -5.78. The number of carbonyl (C=O) groups is 4. The monoisotopic (exact) mass is 670 g/mol. The van der Waals surface area contributed by atoms with E-state index in [2.05, 4.69) is 15.6 Å². The van der Waals surface area contributed by atoms with Gasteiger partial charge in [-0.1, -0.05) is 42.5 Å². The first-order valence-corrected chi connectivity index (χ1v) is 16.7. The number of hydrogen-bond acceptors (Lipinski definition) is 8. The summed E-state index contributed by atoms with van der Waals surface area (Å²) in [5, 5.41) is 6.82. The molecule has 0 spiro atoms. The van der Waals surface area contributed by atoms with Crippen LogP contribution in [0.1, 0.15) is 21.7 Å². The fraction of sp³-hybridized carbons (Fsp3) is 0.0541. The Morgan fingerprint density at radius 1 is 0.896 bits per heavy atom. The van der Waals surface area contributed by atoms with Crippen LogP contribution in [0.5, 0.6) is 0 Å². The average molecular weight is 671 g/mol. The van der Waals surface area contributed by atoms with E-state index in [0.29, 0.717) is 33.3 Å². The maximum Gasteiger partial charge on any atom is 0.272 e. The maximum atomic E-state index is 13.5. The summed E-state index contributed by atoms with van der Waals surface area (Å²) in [5.74, 6) is -1.08. The molecule has 9 nitrogen and oxygen atoms in total. The van der Waals surface area contributed by atoms with E-state index in [1.807, 2.05) is 53.9 Å². The van der Waals surface area contributed by atoms with Crippen molar-refractivity contribution < 1.29 is 23.6 Å². The highest BCUT2D eigenvalue weighted by Gasteiger charge is 2.40. The first kappa shape index (κ1) is 30.9. The van der Waals surface area contributed by atoms with E-state index in [1.54, 1.807) is 72.8 Å². The highest BCUT2D eigenvalue weighted by Crippen LogP contribution is 2.36. The lowest BCUT2D eigenvalue weighted by molar-refractivity contribution is -0.121. The molecule has 1 aliphatic rings. The van der Waals surface area contributed by atoms with Crippen molar-refractivity contribution in [3.63, 3.8) is 0 Å². The van der Waals surface area contributed by atoms with Gasteiger partial charge in [0, 0.05) is 33.0 Å². The number of anilines is 2. The van der Waals surface area contributed by atoms with Crippen molar-refractivity contribution in [1.29, 1.82) is 0 Å². The van der Waals surface area contributed by atoms with Crippen molar-refractivity contribution in [2.45, 2.75) is 16.6 Å². The molecular formula is C37H26N4O5S2. The fourth-order valence-corrected chi connectivity index (χ4v) is 6.95. The van der Waals surface area contributed by atoms with Crippen molar-refractivity contribution in [2.75, 3.05) is 10.2 Å². The van der Waals surface area contributed by atoms with Crippen LogP contribution in [0.25, 0.3) is 28.6 Å². The molecular weight excluding hydrogens is 645 g/mol. The molecule has 3 heterocycles. The summed E-state index contributed by atoms with van der Waals surface area (Å²) in [5.41, 5.74) is 3.59. The minimum Gasteiger partial charge on any atom is -0.436 e. The van der Waals surface area contributed by atoms with E-state index in [4.69, 9.17) is 4.42 Å². The number of oxazole rings is 1. The van der Waals surface area contributed by atoms with Crippen LogP contribution in [-0.2, 0) is 14.4 Å². The van der Waals surface area contributed by atoms with Crippen LogP contribution in [0.2, 0.25) is 0 Å². The molecule has 1 aliphatic heterocycles. The predicted molar refractivity (Wildman–Crippen MR) is 187 cm³/mol. The van der Waals surface area contributed by atoms with Crippen molar-refractivity contribution in [3.8, 4) is 11.5 Å². The molecule has 0 radical (unpaired) electrons. The number of amides is 4. The van der Waals surface area contributed by atoms with Crippen LogP contribution in [0, 0.1) is 0 Å². The molecule has 2 aromatic heterocycles. The predicted octanol–water partition coefficient (Wildman–Crippen LogP) is 7.39. The Kier molecular flexibility index (Phi) is 8.69. The molecule has 48 heavy (non-hydrogen) atoms. The molecule has 1 atom stereocenters. The lowest BCUT2D eigenvalue weighted by Gasteiger charge is -2.15. The first-order chi connectivity index (χ1) is 23.4. The van der Waals surface area contributed by atoms with Gasteiger partial charge in [0.05, 0.1) is 10.9 Å². The van der Waals surface area contributed by atoms with E-state index in [9.17, 15) is 19.2 Å². The number of thiophene rings is 1. The lowest BCUT2D eigenvalue weighted by Crippen LogP contribution is -2.31. The van der Waals surface area contributed by atoms with Gasteiger partial charge in [0.2, 0.25) is 17.7 Å². The van der Waals surface area contributed by atoms with E-state index >= 15 is 0 Å². The van der Waals surface area contributed by atoms with Crippen molar-refractivity contribution in [1.82, 2.24) is 10.3 Å². The van der Waals surface area contributed by atoms with Crippen LogP contribution in [0.15, 0.2) is 136 Å². The third kappa shape index (κ3) is 6.68. The minimum absolute atomic E-state index is 0.0339. The van der Waals surface area contributed by atoms with E-state index in [1.165, 1.54) is 28.0 Å². The van der Waals surface area contributed by atoms with E-state index in [-0.39, 0.29) is 23.9 Å². The summed E-state index contributed by atoms with van der Waals surface area (Å²) >= 11 is 2.69. The van der Waals surface area contributed by atoms with Crippen molar-refractivity contribution >= 4 is 75.3 Å². The number of aromatic nitrogens is 1. The van der Waals surface area contributed by atoms with Crippen LogP contribution in [0.3, 0.4) is 0 Å². The van der Waals surface area contributed by atoms with Crippen LogP contribution < -0.4 is 15.5 Å². The van der Waals surface area contributed by atoms with E-state index < -0.39 is 17.1 Å². The van der Waals surface area contributed by atoms with Gasteiger partial charge in [0.1, 0.15) is 11.2 Å². The molecule has 0 unspecified atom stereocenters. The van der Waals surface area contributed by atoms with Gasteiger partial charge in [-0.3, -0.25) is 19.2 Å². The molecule has 7 rings (SSSR count). The molecule has 0 aliphatic carbocycles. The molecule has 1 fully saturated rings. The van der Waals surface area contributed by atoms with Gasteiger partial charge in [-0.2, -0.15) is 0 Å². The summed E-state index contributed by atoms with van der Waals surface area (Å²) in [6, 6.07) is 33.8. The van der Waals surface area contributed by atoms with Crippen molar-refractivity contribution in [2.24, 2.45) is 0 Å². The molecule has 2 N–H and O–H groups in total. The summed E-state index contributed by atoms with van der Waals surface area (Å²) in [4.78, 5) is 60.0.